The molecule has 192 valence electrons. The zero-order chi connectivity index (χ0) is 26.2. The molecule has 0 unspecified atom stereocenters. The summed E-state index contributed by atoms with van der Waals surface area (Å²) in [6.45, 7) is 0.918. The molecule has 3 aromatic rings. The first-order chi connectivity index (χ1) is 18.0. The van der Waals surface area contributed by atoms with E-state index in [1.54, 1.807) is 57.7 Å². The largest absolute Gasteiger partial charge is 0.861 e. The number of amidine groups is 1. The van der Waals surface area contributed by atoms with E-state index in [0.717, 1.165) is 11.8 Å². The smallest absolute Gasteiger partial charge is 0.320 e. The average Bonchev–Trinajstić information content (AvgIpc) is 3.49. The summed E-state index contributed by atoms with van der Waals surface area (Å²) in [6.07, 6.45) is 3.17. The number of rotatable bonds is 10. The molecule has 1 aliphatic rings. The number of amides is 1. The molecule has 2 aromatic carbocycles. The lowest BCUT2D eigenvalue weighted by molar-refractivity contribution is -0.763. The topological polar surface area (TPSA) is 126 Å². The summed E-state index contributed by atoms with van der Waals surface area (Å²) in [4.78, 5) is 23.3. The Balaban J connectivity index is 1.57. The van der Waals surface area contributed by atoms with Gasteiger partial charge in [0.15, 0.2) is 16.7 Å². The average molecular weight is 524 g/mol. The summed E-state index contributed by atoms with van der Waals surface area (Å²) in [5, 5.41) is 16.7. The second kappa shape index (κ2) is 12.2. The van der Waals surface area contributed by atoms with E-state index in [4.69, 9.17) is 18.7 Å². The zero-order valence-corrected chi connectivity index (χ0v) is 21.3. The van der Waals surface area contributed by atoms with Gasteiger partial charge in [0.25, 0.3) is 12.1 Å². The van der Waals surface area contributed by atoms with Crippen molar-refractivity contribution >= 4 is 46.4 Å². The van der Waals surface area contributed by atoms with Crippen LogP contribution < -0.4 is 24.2 Å². The van der Waals surface area contributed by atoms with Crippen LogP contribution >= 0.6 is 11.8 Å². The molecule has 0 aliphatic carbocycles. The summed E-state index contributed by atoms with van der Waals surface area (Å²) in [6, 6.07) is 14.4. The van der Waals surface area contributed by atoms with E-state index in [-0.39, 0.29) is 23.2 Å². The van der Waals surface area contributed by atoms with Gasteiger partial charge in [0.05, 0.1) is 19.9 Å². The number of hydrogen-bond acceptors (Lipinski definition) is 10. The fourth-order valence-corrected chi connectivity index (χ4v) is 4.19. The van der Waals surface area contributed by atoms with E-state index < -0.39 is 5.90 Å². The van der Waals surface area contributed by atoms with Crippen molar-refractivity contribution in [2.45, 2.75) is 6.54 Å². The number of ether oxygens (including phenoxy) is 3. The highest BCUT2D eigenvalue weighted by Crippen LogP contribution is 2.32. The van der Waals surface area contributed by atoms with Crippen LogP contribution in [0.4, 0.5) is 11.6 Å². The summed E-state index contributed by atoms with van der Waals surface area (Å²) >= 11 is 1.10. The van der Waals surface area contributed by atoms with Crippen molar-refractivity contribution in [3.8, 4) is 11.5 Å². The van der Waals surface area contributed by atoms with Crippen LogP contribution in [0.3, 0.4) is 0 Å². The first-order valence-corrected chi connectivity index (χ1v) is 12.2. The number of carbonyl (C=O) groups is 1. The number of benzene rings is 2. The molecule has 0 radical (unpaired) electrons. The molecule has 1 amide bonds. The summed E-state index contributed by atoms with van der Waals surface area (Å²) in [5.74, 6) is 0.357. The van der Waals surface area contributed by atoms with Gasteiger partial charge in [-0.1, -0.05) is 36.0 Å². The number of para-hydroxylation sites is 1. The fourth-order valence-electron chi connectivity index (χ4n) is 3.39. The lowest BCUT2D eigenvalue weighted by atomic mass is 10.1. The number of anilines is 1. The minimum atomic E-state index is -0.458. The molecular formula is C25H25N5O6S. The van der Waals surface area contributed by atoms with Crippen LogP contribution in [-0.4, -0.2) is 55.9 Å². The Hall–Kier alpha value is -4.16. The SMILES string of the molecule is COCC[n+]1cc(/N=C(/[O-])CSC2=N/C(=C/c3ccc(OC)c(OC)c3)C(=O)N2c2ccccc2)on1. The third kappa shape index (κ3) is 6.35. The highest BCUT2D eigenvalue weighted by molar-refractivity contribution is 8.14. The summed E-state index contributed by atoms with van der Waals surface area (Å²) < 4.78 is 22.2. The Labute approximate surface area is 217 Å². The van der Waals surface area contributed by atoms with Crippen molar-refractivity contribution in [2.75, 3.05) is 38.6 Å². The Kier molecular flexibility index (Phi) is 8.54. The van der Waals surface area contributed by atoms with Gasteiger partial charge in [0.2, 0.25) is 11.8 Å². The van der Waals surface area contributed by atoms with Gasteiger partial charge in [-0.05, 0) is 46.5 Å². The van der Waals surface area contributed by atoms with E-state index in [1.807, 2.05) is 18.2 Å². The molecule has 0 atom stereocenters. The van der Waals surface area contributed by atoms with Crippen LogP contribution in [0.15, 0.2) is 74.9 Å². The van der Waals surface area contributed by atoms with Crippen LogP contribution in [0.25, 0.3) is 6.08 Å². The van der Waals surface area contributed by atoms with Crippen molar-refractivity contribution in [3.05, 3.63) is 66.0 Å². The molecule has 0 saturated carbocycles. The monoisotopic (exact) mass is 523 g/mol. The highest BCUT2D eigenvalue weighted by atomic mass is 32.2. The van der Waals surface area contributed by atoms with E-state index in [2.05, 4.69) is 15.3 Å². The third-order valence-corrected chi connectivity index (χ3v) is 6.06. The zero-order valence-electron chi connectivity index (χ0n) is 20.5. The second-order valence-corrected chi connectivity index (χ2v) is 8.55. The summed E-state index contributed by atoms with van der Waals surface area (Å²) in [5.41, 5.74) is 1.56. The number of methoxy groups -OCH3 is 3. The van der Waals surface area contributed by atoms with Crippen LogP contribution in [0.1, 0.15) is 5.56 Å². The lowest BCUT2D eigenvalue weighted by Gasteiger charge is -2.18. The highest BCUT2D eigenvalue weighted by Gasteiger charge is 2.32. The van der Waals surface area contributed by atoms with Gasteiger partial charge in [0, 0.05) is 12.9 Å². The van der Waals surface area contributed by atoms with Crippen LogP contribution in [-0.2, 0) is 16.1 Å². The lowest BCUT2D eigenvalue weighted by Crippen LogP contribution is -2.36. The number of hydrogen-bond donors (Lipinski definition) is 0. The third-order valence-electron chi connectivity index (χ3n) is 5.14. The molecule has 0 N–H and O–H groups in total. The number of thioether (sulfide) groups is 1. The molecule has 37 heavy (non-hydrogen) atoms. The van der Waals surface area contributed by atoms with E-state index in [9.17, 15) is 9.90 Å². The Morgan fingerprint density at radius 2 is 1.95 bits per heavy atom. The van der Waals surface area contributed by atoms with Crippen LogP contribution in [0, 0.1) is 0 Å². The van der Waals surface area contributed by atoms with Gasteiger partial charge in [0.1, 0.15) is 12.3 Å². The van der Waals surface area contributed by atoms with Gasteiger partial charge in [-0.15, -0.1) is 0 Å². The predicted molar refractivity (Wildman–Crippen MR) is 137 cm³/mol. The van der Waals surface area contributed by atoms with Gasteiger partial charge >= 0.3 is 5.88 Å². The number of aromatic nitrogens is 2. The molecule has 1 aliphatic heterocycles. The van der Waals surface area contributed by atoms with E-state index >= 15 is 0 Å². The molecule has 0 spiro atoms. The maximum atomic E-state index is 13.4. The fraction of sp³-hybridized carbons (Fsp3) is 0.240. The van der Waals surface area contributed by atoms with Gasteiger partial charge in [-0.3, -0.25) is 14.2 Å². The molecule has 4 rings (SSSR count). The van der Waals surface area contributed by atoms with E-state index in [0.29, 0.717) is 41.1 Å². The van der Waals surface area contributed by atoms with Gasteiger partial charge in [-0.2, -0.15) is 0 Å². The molecule has 0 bridgehead atoms. The van der Waals surface area contributed by atoms with Crippen molar-refractivity contribution in [3.63, 3.8) is 0 Å². The van der Waals surface area contributed by atoms with Crippen molar-refractivity contribution < 1.29 is 33.3 Å². The minimum absolute atomic E-state index is 0.0577. The quantitative estimate of drug-likeness (QED) is 0.171. The molecule has 11 nitrogen and oxygen atoms in total. The van der Waals surface area contributed by atoms with Gasteiger partial charge in [-0.25, -0.2) is 9.98 Å². The normalized spacial score (nSPS) is 14.8. The Morgan fingerprint density at radius 3 is 2.68 bits per heavy atom. The summed E-state index contributed by atoms with van der Waals surface area (Å²) in [7, 11) is 4.67. The first-order valence-electron chi connectivity index (χ1n) is 11.2. The van der Waals surface area contributed by atoms with E-state index in [1.165, 1.54) is 15.8 Å². The Morgan fingerprint density at radius 1 is 1.16 bits per heavy atom. The number of aliphatic imine (C=N–C) groups is 2. The minimum Gasteiger partial charge on any atom is -0.861 e. The molecule has 1 aromatic heterocycles. The molecule has 0 saturated heterocycles. The van der Waals surface area contributed by atoms with Gasteiger partial charge < -0.3 is 19.3 Å². The molecule has 2 heterocycles. The predicted octanol–water partition coefficient (Wildman–Crippen LogP) is 2.19. The number of carbonyl (C=O) groups excluding carboxylic acids is 1. The van der Waals surface area contributed by atoms with Crippen molar-refractivity contribution in [1.29, 1.82) is 0 Å². The van der Waals surface area contributed by atoms with Crippen LogP contribution in [0.5, 0.6) is 11.5 Å². The van der Waals surface area contributed by atoms with Crippen LogP contribution in [0.2, 0.25) is 0 Å². The number of nitrogens with zero attached hydrogens (tertiary/aromatic N) is 5. The molecule has 0 fully saturated rings. The molecular weight excluding hydrogens is 498 g/mol. The molecule has 12 heteroatoms. The second-order valence-electron chi connectivity index (χ2n) is 7.60. The van der Waals surface area contributed by atoms with Crippen molar-refractivity contribution in [1.82, 2.24) is 5.27 Å². The van der Waals surface area contributed by atoms with Crippen molar-refractivity contribution in [2.24, 2.45) is 9.98 Å². The maximum Gasteiger partial charge on any atom is 0.320 e. The standard InChI is InChI=1S/C25H25N5O6S/c1-33-12-11-29-15-23(36-28-29)27-22(31)16-37-25-26-19(24(32)30(25)18-7-5-4-6-8-18)13-17-9-10-20(34-2)21(14-17)35-3/h4-10,13-15H,11-12,16H2,1-3H3/b19-13+. The maximum absolute atomic E-state index is 13.4. The Bertz CT molecular complexity index is 1340. The first kappa shape index (κ1) is 25.9.